The summed E-state index contributed by atoms with van der Waals surface area (Å²) in [6.45, 7) is 3.95. The van der Waals surface area contributed by atoms with Crippen LogP contribution in [0.4, 0.5) is 19.1 Å². The molecule has 1 aromatic heterocycles. The summed E-state index contributed by atoms with van der Waals surface area (Å²) in [6.07, 6.45) is -3.16. The van der Waals surface area contributed by atoms with E-state index >= 15 is 0 Å². The zero-order valence-electron chi connectivity index (χ0n) is 11.9. The van der Waals surface area contributed by atoms with E-state index in [2.05, 4.69) is 9.97 Å². The van der Waals surface area contributed by atoms with E-state index in [-0.39, 0.29) is 18.2 Å². The lowest BCUT2D eigenvalue weighted by atomic mass is 9.97. The van der Waals surface area contributed by atoms with Crippen LogP contribution in [0.1, 0.15) is 26.5 Å². The fourth-order valence-corrected chi connectivity index (χ4v) is 2.41. The van der Waals surface area contributed by atoms with Crippen molar-refractivity contribution in [1.29, 1.82) is 5.26 Å². The Labute approximate surface area is 120 Å². The van der Waals surface area contributed by atoms with Crippen molar-refractivity contribution in [3.63, 3.8) is 0 Å². The maximum atomic E-state index is 13.3. The highest BCUT2D eigenvalue weighted by Crippen LogP contribution is 2.41. The molecule has 5 nitrogen and oxygen atoms in total. The Bertz CT molecular complexity index is 582. The number of anilines is 1. The topological polar surface area (TPSA) is 62.0 Å². The maximum Gasteiger partial charge on any atom is 0.418 e. The fraction of sp³-hybridized carbons (Fsp3) is 0.615. The number of hydrogen-bond acceptors (Lipinski definition) is 5. The van der Waals surface area contributed by atoms with E-state index in [1.165, 1.54) is 17.2 Å². The molecule has 1 aliphatic heterocycles. The van der Waals surface area contributed by atoms with Gasteiger partial charge < -0.3 is 9.64 Å². The summed E-state index contributed by atoms with van der Waals surface area (Å²) >= 11 is 0. The van der Waals surface area contributed by atoms with Gasteiger partial charge in [0.15, 0.2) is 5.60 Å². The molecule has 2 heterocycles. The zero-order valence-corrected chi connectivity index (χ0v) is 11.9. The van der Waals surface area contributed by atoms with Crippen LogP contribution in [0.3, 0.4) is 0 Å². The second-order valence-electron chi connectivity index (χ2n) is 5.80. The average Bonchev–Trinajstić information content (AvgIpc) is 2.35. The number of aromatic nitrogens is 2. The number of ether oxygens (including phenoxy) is 1. The molecule has 1 saturated heterocycles. The molecule has 0 spiro atoms. The van der Waals surface area contributed by atoms with Crippen molar-refractivity contribution in [2.75, 3.05) is 18.0 Å². The van der Waals surface area contributed by atoms with E-state index in [0.29, 0.717) is 0 Å². The summed E-state index contributed by atoms with van der Waals surface area (Å²) in [6, 6.07) is 3.25. The maximum absolute atomic E-state index is 13.3. The predicted octanol–water partition coefficient (Wildman–Crippen LogP) is 2.28. The van der Waals surface area contributed by atoms with Crippen molar-refractivity contribution in [2.45, 2.75) is 38.1 Å². The van der Waals surface area contributed by atoms with Gasteiger partial charge in [0.2, 0.25) is 5.95 Å². The van der Waals surface area contributed by atoms with Crippen LogP contribution in [0.25, 0.3) is 0 Å². The summed E-state index contributed by atoms with van der Waals surface area (Å²) < 4.78 is 45.0. The molecule has 0 amide bonds. The van der Waals surface area contributed by atoms with Gasteiger partial charge in [-0.1, -0.05) is 0 Å². The second kappa shape index (κ2) is 4.84. The largest absolute Gasteiger partial charge is 0.418 e. The van der Waals surface area contributed by atoms with Crippen LogP contribution in [-0.2, 0) is 4.74 Å². The summed E-state index contributed by atoms with van der Waals surface area (Å²) in [5.74, 6) is 0.0981. The summed E-state index contributed by atoms with van der Waals surface area (Å²) in [5, 5.41) is 8.83. The van der Waals surface area contributed by atoms with Gasteiger partial charge in [-0.2, -0.15) is 18.4 Å². The molecule has 1 aromatic rings. The minimum atomic E-state index is -4.52. The minimum absolute atomic E-state index is 0.0981. The van der Waals surface area contributed by atoms with E-state index in [9.17, 15) is 13.2 Å². The molecule has 1 fully saturated rings. The average molecular weight is 300 g/mol. The normalized spacial score (nSPS) is 25.5. The van der Waals surface area contributed by atoms with E-state index in [1.807, 2.05) is 6.07 Å². The molecular formula is C13H15F3N4O. The van der Waals surface area contributed by atoms with E-state index in [0.717, 1.165) is 6.92 Å². The Kier molecular flexibility index (Phi) is 3.58. The van der Waals surface area contributed by atoms with Gasteiger partial charge in [-0.25, -0.2) is 9.97 Å². The molecule has 0 radical (unpaired) electrons. The van der Waals surface area contributed by atoms with E-state index in [4.69, 9.17) is 10.00 Å². The highest BCUT2D eigenvalue weighted by molar-refractivity contribution is 5.36. The van der Waals surface area contributed by atoms with Gasteiger partial charge in [0, 0.05) is 12.7 Å². The number of halogens is 3. The smallest absolute Gasteiger partial charge is 0.356 e. The van der Waals surface area contributed by atoms with Gasteiger partial charge in [-0.3, -0.25) is 0 Å². The first-order valence-corrected chi connectivity index (χ1v) is 6.31. The Morgan fingerprint density at radius 2 is 2.00 bits per heavy atom. The van der Waals surface area contributed by atoms with E-state index < -0.39 is 23.9 Å². The van der Waals surface area contributed by atoms with Crippen LogP contribution in [0.2, 0.25) is 0 Å². The molecule has 0 unspecified atom stereocenters. The highest BCUT2D eigenvalue weighted by Gasteiger charge is 2.58. The van der Waals surface area contributed by atoms with Crippen LogP contribution in [0, 0.1) is 11.3 Å². The standard InChI is InChI=1S/C13H15F3N4O/c1-11(2)7-20(8-12(3,21-11)13(14,15)16)10-18-5-4-9(6-17)19-10/h4-5H,7-8H2,1-3H3/t12-/m1/s1. The van der Waals surface area contributed by atoms with Gasteiger partial charge in [0.25, 0.3) is 0 Å². The zero-order chi connectivity index (χ0) is 15.9. The van der Waals surface area contributed by atoms with Crippen LogP contribution < -0.4 is 4.90 Å². The SMILES string of the molecule is CC1(C)CN(c2nccc(C#N)n2)C[C@](C)(C(F)(F)F)O1. The van der Waals surface area contributed by atoms with Crippen molar-refractivity contribution in [3.05, 3.63) is 18.0 Å². The van der Waals surface area contributed by atoms with Gasteiger partial charge >= 0.3 is 6.18 Å². The quantitative estimate of drug-likeness (QED) is 0.796. The minimum Gasteiger partial charge on any atom is -0.356 e. The third kappa shape index (κ3) is 3.08. The molecule has 2 rings (SSSR count). The van der Waals surface area contributed by atoms with Gasteiger partial charge in [-0.15, -0.1) is 0 Å². The van der Waals surface area contributed by atoms with E-state index in [1.54, 1.807) is 13.8 Å². The molecule has 0 N–H and O–H groups in total. The third-order valence-electron chi connectivity index (χ3n) is 3.21. The van der Waals surface area contributed by atoms with Crippen molar-refractivity contribution in [1.82, 2.24) is 9.97 Å². The summed E-state index contributed by atoms with van der Waals surface area (Å²) in [5.41, 5.74) is -3.23. The van der Waals surface area contributed by atoms with Crippen molar-refractivity contribution >= 4 is 5.95 Å². The molecule has 21 heavy (non-hydrogen) atoms. The van der Waals surface area contributed by atoms with Crippen LogP contribution in [0.15, 0.2) is 12.3 Å². The molecule has 114 valence electrons. The molecule has 1 atom stereocenters. The number of hydrogen-bond donors (Lipinski definition) is 0. The summed E-state index contributed by atoms with van der Waals surface area (Å²) in [7, 11) is 0. The monoisotopic (exact) mass is 300 g/mol. The van der Waals surface area contributed by atoms with Gasteiger partial charge in [0.05, 0.1) is 12.1 Å². The Hall–Kier alpha value is -1.88. The number of nitriles is 1. The third-order valence-corrected chi connectivity index (χ3v) is 3.21. The second-order valence-corrected chi connectivity index (χ2v) is 5.80. The lowest BCUT2D eigenvalue weighted by Crippen LogP contribution is -2.64. The molecule has 0 saturated carbocycles. The highest BCUT2D eigenvalue weighted by atomic mass is 19.4. The Morgan fingerprint density at radius 3 is 2.57 bits per heavy atom. The molecule has 0 bridgehead atoms. The molecule has 1 aliphatic rings. The van der Waals surface area contributed by atoms with Crippen molar-refractivity contribution < 1.29 is 17.9 Å². The number of morpholine rings is 1. The van der Waals surface area contributed by atoms with Crippen molar-refractivity contribution in [3.8, 4) is 6.07 Å². The number of nitrogens with zero attached hydrogens (tertiary/aromatic N) is 4. The number of alkyl halides is 3. The van der Waals surface area contributed by atoms with Crippen LogP contribution in [0.5, 0.6) is 0 Å². The molecule has 0 aliphatic carbocycles. The number of rotatable bonds is 1. The first kappa shape index (κ1) is 15.5. The van der Waals surface area contributed by atoms with Gasteiger partial charge in [0.1, 0.15) is 11.8 Å². The Morgan fingerprint density at radius 1 is 1.33 bits per heavy atom. The van der Waals surface area contributed by atoms with Crippen molar-refractivity contribution in [2.24, 2.45) is 0 Å². The van der Waals surface area contributed by atoms with Crippen LogP contribution >= 0.6 is 0 Å². The molecular weight excluding hydrogens is 285 g/mol. The molecule has 0 aromatic carbocycles. The Balaban J connectivity index is 2.38. The first-order valence-electron chi connectivity index (χ1n) is 6.31. The lowest BCUT2D eigenvalue weighted by molar-refractivity contribution is -0.302. The predicted molar refractivity (Wildman–Crippen MR) is 68.6 cm³/mol. The van der Waals surface area contributed by atoms with Crippen LogP contribution in [-0.4, -0.2) is 40.4 Å². The lowest BCUT2D eigenvalue weighted by Gasteiger charge is -2.48. The van der Waals surface area contributed by atoms with Gasteiger partial charge in [-0.05, 0) is 26.8 Å². The fourth-order valence-electron chi connectivity index (χ4n) is 2.41. The summed E-state index contributed by atoms with van der Waals surface area (Å²) in [4.78, 5) is 9.32. The first-order chi connectivity index (χ1) is 9.56. The molecule has 8 heteroatoms.